The molecule has 0 saturated carbocycles. The van der Waals surface area contributed by atoms with E-state index in [1.54, 1.807) is 6.92 Å². The molecular weight excluding hydrogens is 278 g/mol. The zero-order valence-electron chi connectivity index (χ0n) is 11.0. The molecule has 1 aromatic rings. The van der Waals surface area contributed by atoms with Gasteiger partial charge in [0.15, 0.2) is 0 Å². The molecule has 0 aromatic heterocycles. The Hall–Kier alpha value is -1.34. The monoisotopic (exact) mass is 295 g/mol. The molecule has 0 fully saturated rings. The van der Waals surface area contributed by atoms with Crippen molar-refractivity contribution in [2.75, 3.05) is 19.8 Å². The van der Waals surface area contributed by atoms with Crippen molar-refractivity contribution in [1.82, 2.24) is 0 Å². The third-order valence-electron chi connectivity index (χ3n) is 2.42. The molecule has 0 aliphatic carbocycles. The van der Waals surface area contributed by atoms with Gasteiger partial charge in [0, 0.05) is 18.0 Å². The number of alkyl halides is 3. The standard InChI is InChI=1S/C13H17F4NO2/c1-9(18)11-7-10(14)3-4-12(11)20-6-2-5-19-8-13(15,16)17/h3-4,7,9H,2,5-6,8,18H2,1H3/t9-/m0/s1. The summed E-state index contributed by atoms with van der Waals surface area (Å²) in [5, 5.41) is 0. The Balaban J connectivity index is 2.35. The number of ether oxygens (including phenoxy) is 2. The summed E-state index contributed by atoms with van der Waals surface area (Å²) in [6.07, 6.45) is -4.02. The molecule has 7 heteroatoms. The van der Waals surface area contributed by atoms with Crippen LogP contribution in [0.1, 0.15) is 24.9 Å². The molecule has 0 heterocycles. The van der Waals surface area contributed by atoms with E-state index < -0.39 is 24.6 Å². The lowest BCUT2D eigenvalue weighted by atomic mass is 10.1. The summed E-state index contributed by atoms with van der Waals surface area (Å²) in [6, 6.07) is 3.56. The first kappa shape index (κ1) is 16.7. The van der Waals surface area contributed by atoms with Crippen LogP contribution in [0.2, 0.25) is 0 Å². The number of rotatable bonds is 7. The smallest absolute Gasteiger partial charge is 0.411 e. The number of hydrogen-bond acceptors (Lipinski definition) is 3. The van der Waals surface area contributed by atoms with Crippen LogP contribution in [0, 0.1) is 5.82 Å². The lowest BCUT2D eigenvalue weighted by Gasteiger charge is -2.14. The van der Waals surface area contributed by atoms with E-state index in [1.807, 2.05) is 0 Å². The molecular formula is C13H17F4NO2. The molecule has 0 unspecified atom stereocenters. The second-order valence-corrected chi connectivity index (χ2v) is 4.34. The average molecular weight is 295 g/mol. The van der Waals surface area contributed by atoms with Crippen molar-refractivity contribution in [3.05, 3.63) is 29.6 Å². The van der Waals surface area contributed by atoms with E-state index in [2.05, 4.69) is 4.74 Å². The van der Waals surface area contributed by atoms with Crippen LogP contribution in [0.3, 0.4) is 0 Å². The van der Waals surface area contributed by atoms with Crippen LogP contribution in [0.15, 0.2) is 18.2 Å². The van der Waals surface area contributed by atoms with Gasteiger partial charge in [-0.05, 0) is 25.1 Å². The quantitative estimate of drug-likeness (QED) is 0.620. The Kier molecular flexibility index (Phi) is 6.22. The highest BCUT2D eigenvalue weighted by Crippen LogP contribution is 2.24. The predicted octanol–water partition coefficient (Wildman–Crippen LogP) is 3.19. The van der Waals surface area contributed by atoms with E-state index in [9.17, 15) is 17.6 Å². The van der Waals surface area contributed by atoms with Gasteiger partial charge in [0.05, 0.1) is 13.2 Å². The van der Waals surface area contributed by atoms with Gasteiger partial charge in [0.25, 0.3) is 0 Å². The molecule has 3 nitrogen and oxygen atoms in total. The highest BCUT2D eigenvalue weighted by atomic mass is 19.4. The summed E-state index contributed by atoms with van der Waals surface area (Å²) in [5.41, 5.74) is 6.20. The molecule has 20 heavy (non-hydrogen) atoms. The third-order valence-corrected chi connectivity index (χ3v) is 2.42. The summed E-state index contributed by atoms with van der Waals surface area (Å²) in [5.74, 6) is 0.00961. The molecule has 0 amide bonds. The number of benzene rings is 1. The lowest BCUT2D eigenvalue weighted by molar-refractivity contribution is -0.174. The van der Waals surface area contributed by atoms with Crippen LogP contribution >= 0.6 is 0 Å². The molecule has 0 bridgehead atoms. The van der Waals surface area contributed by atoms with Crippen LogP contribution in [0.25, 0.3) is 0 Å². The van der Waals surface area contributed by atoms with E-state index in [0.717, 1.165) is 0 Å². The van der Waals surface area contributed by atoms with Gasteiger partial charge >= 0.3 is 6.18 Å². The fourth-order valence-electron chi connectivity index (χ4n) is 1.54. The van der Waals surface area contributed by atoms with E-state index in [0.29, 0.717) is 17.7 Å². The van der Waals surface area contributed by atoms with Gasteiger partial charge in [-0.15, -0.1) is 0 Å². The highest BCUT2D eigenvalue weighted by molar-refractivity contribution is 5.36. The zero-order valence-corrected chi connectivity index (χ0v) is 11.0. The Morgan fingerprint density at radius 2 is 1.95 bits per heavy atom. The van der Waals surface area contributed by atoms with Crippen molar-refractivity contribution in [1.29, 1.82) is 0 Å². The minimum Gasteiger partial charge on any atom is -0.493 e. The maximum atomic E-state index is 13.1. The molecule has 1 rings (SSSR count). The Morgan fingerprint density at radius 3 is 2.55 bits per heavy atom. The number of nitrogens with two attached hydrogens (primary N) is 1. The minimum atomic E-state index is -4.32. The summed E-state index contributed by atoms with van der Waals surface area (Å²) in [4.78, 5) is 0. The average Bonchev–Trinajstić information content (AvgIpc) is 2.33. The van der Waals surface area contributed by atoms with Gasteiger partial charge in [-0.1, -0.05) is 0 Å². The highest BCUT2D eigenvalue weighted by Gasteiger charge is 2.27. The maximum absolute atomic E-state index is 13.1. The van der Waals surface area contributed by atoms with Crippen molar-refractivity contribution in [3.8, 4) is 5.75 Å². The first-order valence-electron chi connectivity index (χ1n) is 6.12. The first-order chi connectivity index (χ1) is 9.29. The van der Waals surface area contributed by atoms with Gasteiger partial charge in [-0.3, -0.25) is 0 Å². The van der Waals surface area contributed by atoms with Crippen molar-refractivity contribution in [3.63, 3.8) is 0 Å². The van der Waals surface area contributed by atoms with Gasteiger partial charge in [0.1, 0.15) is 18.2 Å². The lowest BCUT2D eigenvalue weighted by Crippen LogP contribution is -2.18. The number of halogens is 4. The Bertz CT molecular complexity index is 421. The summed E-state index contributed by atoms with van der Waals surface area (Å²) in [6.45, 7) is 0.528. The molecule has 1 atom stereocenters. The topological polar surface area (TPSA) is 44.5 Å². The van der Waals surface area contributed by atoms with Crippen LogP contribution in [-0.4, -0.2) is 26.0 Å². The van der Waals surface area contributed by atoms with Crippen molar-refractivity contribution in [2.24, 2.45) is 5.73 Å². The molecule has 0 radical (unpaired) electrons. The Labute approximate surface area is 114 Å². The fraction of sp³-hybridized carbons (Fsp3) is 0.538. The van der Waals surface area contributed by atoms with Crippen molar-refractivity contribution >= 4 is 0 Å². The molecule has 2 N–H and O–H groups in total. The van der Waals surface area contributed by atoms with E-state index in [4.69, 9.17) is 10.5 Å². The normalized spacial score (nSPS) is 13.3. The van der Waals surface area contributed by atoms with Gasteiger partial charge in [-0.2, -0.15) is 13.2 Å². The molecule has 0 aliphatic rings. The second kappa shape index (κ2) is 7.44. The van der Waals surface area contributed by atoms with Crippen LogP contribution in [0.4, 0.5) is 17.6 Å². The second-order valence-electron chi connectivity index (χ2n) is 4.34. The van der Waals surface area contributed by atoms with Crippen molar-refractivity contribution in [2.45, 2.75) is 25.6 Å². The summed E-state index contributed by atoms with van der Waals surface area (Å²) < 4.78 is 58.3. The molecule has 114 valence electrons. The van der Waals surface area contributed by atoms with E-state index in [1.165, 1.54) is 18.2 Å². The zero-order chi connectivity index (χ0) is 15.2. The maximum Gasteiger partial charge on any atom is 0.411 e. The summed E-state index contributed by atoms with van der Waals surface area (Å²) in [7, 11) is 0. The molecule has 0 aliphatic heterocycles. The molecule has 0 saturated heterocycles. The van der Waals surface area contributed by atoms with Crippen LogP contribution in [0.5, 0.6) is 5.75 Å². The largest absolute Gasteiger partial charge is 0.493 e. The summed E-state index contributed by atoms with van der Waals surface area (Å²) >= 11 is 0. The fourth-order valence-corrected chi connectivity index (χ4v) is 1.54. The van der Waals surface area contributed by atoms with Gasteiger partial charge < -0.3 is 15.2 Å². The van der Waals surface area contributed by atoms with E-state index >= 15 is 0 Å². The van der Waals surface area contributed by atoms with Gasteiger partial charge in [-0.25, -0.2) is 4.39 Å². The van der Waals surface area contributed by atoms with Crippen molar-refractivity contribution < 1.29 is 27.0 Å². The first-order valence-corrected chi connectivity index (χ1v) is 6.12. The third kappa shape index (κ3) is 6.21. The van der Waals surface area contributed by atoms with Crippen LogP contribution < -0.4 is 10.5 Å². The molecule has 0 spiro atoms. The Morgan fingerprint density at radius 1 is 1.25 bits per heavy atom. The van der Waals surface area contributed by atoms with E-state index in [-0.39, 0.29) is 13.2 Å². The minimum absolute atomic E-state index is 0.0613. The SMILES string of the molecule is C[C@H](N)c1cc(F)ccc1OCCCOCC(F)(F)F. The van der Waals surface area contributed by atoms with Gasteiger partial charge in [0.2, 0.25) is 0 Å². The molecule has 1 aromatic carbocycles. The predicted molar refractivity (Wildman–Crippen MR) is 66.0 cm³/mol. The number of hydrogen-bond donors (Lipinski definition) is 1. The van der Waals surface area contributed by atoms with Crippen LogP contribution in [-0.2, 0) is 4.74 Å².